The third kappa shape index (κ3) is 0.834. The Morgan fingerprint density at radius 1 is 1.25 bits per heavy atom. The second-order valence-electron chi connectivity index (χ2n) is 5.20. The summed E-state index contributed by atoms with van der Waals surface area (Å²) in [6.07, 6.45) is 5.94. The van der Waals surface area contributed by atoms with E-state index < -0.39 is 0 Å². The minimum atomic E-state index is 0.631. The van der Waals surface area contributed by atoms with Crippen molar-refractivity contribution >= 4 is 0 Å². The maximum atomic E-state index is 3.34. The average molecular weight is 167 g/mol. The van der Waals surface area contributed by atoms with Gasteiger partial charge in [0.05, 0.1) is 0 Å². The van der Waals surface area contributed by atoms with Crippen LogP contribution in [0.4, 0.5) is 0 Å². The molecule has 1 unspecified atom stereocenters. The lowest BCUT2D eigenvalue weighted by atomic mass is 9.94. The van der Waals surface area contributed by atoms with Crippen molar-refractivity contribution in [1.29, 1.82) is 0 Å². The Labute approximate surface area is 75.9 Å². The molecule has 0 heterocycles. The van der Waals surface area contributed by atoms with Gasteiger partial charge in [-0.1, -0.05) is 26.7 Å². The van der Waals surface area contributed by atoms with Gasteiger partial charge in [-0.15, -0.1) is 0 Å². The van der Waals surface area contributed by atoms with Crippen LogP contribution in [-0.2, 0) is 0 Å². The molecule has 2 aliphatic carbocycles. The van der Waals surface area contributed by atoms with Crippen molar-refractivity contribution in [2.24, 2.45) is 16.7 Å². The molecule has 0 aliphatic heterocycles. The number of hydrogen-bond acceptors (Lipinski definition) is 1. The lowest BCUT2D eigenvalue weighted by Crippen LogP contribution is -2.13. The summed E-state index contributed by atoms with van der Waals surface area (Å²) >= 11 is 0. The van der Waals surface area contributed by atoms with Crippen LogP contribution in [0.1, 0.15) is 39.5 Å². The van der Waals surface area contributed by atoms with Crippen molar-refractivity contribution in [1.82, 2.24) is 5.32 Å². The largest absolute Gasteiger partial charge is 0.319 e. The van der Waals surface area contributed by atoms with Crippen LogP contribution in [0.3, 0.4) is 0 Å². The first-order valence-corrected chi connectivity index (χ1v) is 5.30. The highest BCUT2D eigenvalue weighted by Crippen LogP contribution is 2.75. The Balaban J connectivity index is 2.08. The molecule has 1 nitrogen and oxygen atoms in total. The molecule has 12 heavy (non-hydrogen) atoms. The Kier molecular flexibility index (Phi) is 1.76. The fourth-order valence-electron chi connectivity index (χ4n) is 3.72. The zero-order valence-electron chi connectivity index (χ0n) is 8.61. The molecule has 0 aromatic carbocycles. The molecule has 0 aromatic heterocycles. The van der Waals surface area contributed by atoms with Crippen molar-refractivity contribution in [3.05, 3.63) is 0 Å². The van der Waals surface area contributed by atoms with Crippen molar-refractivity contribution in [2.75, 3.05) is 13.6 Å². The van der Waals surface area contributed by atoms with Crippen LogP contribution in [-0.4, -0.2) is 13.6 Å². The summed E-state index contributed by atoms with van der Waals surface area (Å²) in [5.41, 5.74) is 1.38. The molecule has 0 amide bonds. The molecule has 2 aliphatic rings. The summed E-state index contributed by atoms with van der Waals surface area (Å²) in [5, 5.41) is 3.34. The Hall–Kier alpha value is -0.0400. The van der Waals surface area contributed by atoms with Gasteiger partial charge in [-0.2, -0.15) is 0 Å². The van der Waals surface area contributed by atoms with Crippen LogP contribution in [0, 0.1) is 16.7 Å². The third-order valence-electron chi connectivity index (χ3n) is 4.64. The number of rotatable bonds is 2. The van der Waals surface area contributed by atoms with Crippen LogP contribution < -0.4 is 5.32 Å². The standard InChI is InChI=1S/C11H21N/c1-10(2)9(8-12-3)11(10)6-4-5-7-11/h9,12H,4-8H2,1-3H3. The zero-order chi connectivity index (χ0) is 8.82. The van der Waals surface area contributed by atoms with E-state index in [1.165, 1.54) is 32.2 Å². The summed E-state index contributed by atoms with van der Waals surface area (Å²) in [6, 6.07) is 0. The fraction of sp³-hybridized carbons (Fsp3) is 1.00. The van der Waals surface area contributed by atoms with E-state index in [1.54, 1.807) is 0 Å². The molecular weight excluding hydrogens is 146 g/mol. The number of nitrogens with one attached hydrogen (secondary N) is 1. The molecular formula is C11H21N. The Morgan fingerprint density at radius 3 is 2.33 bits per heavy atom. The average Bonchev–Trinajstić information content (AvgIpc) is 2.46. The topological polar surface area (TPSA) is 12.0 Å². The maximum absolute atomic E-state index is 3.34. The summed E-state index contributed by atoms with van der Waals surface area (Å²) < 4.78 is 0. The molecule has 70 valence electrons. The van der Waals surface area contributed by atoms with Gasteiger partial charge in [0.2, 0.25) is 0 Å². The highest BCUT2D eigenvalue weighted by atomic mass is 14.9. The van der Waals surface area contributed by atoms with E-state index in [4.69, 9.17) is 0 Å². The van der Waals surface area contributed by atoms with Crippen molar-refractivity contribution in [3.63, 3.8) is 0 Å². The molecule has 1 spiro atoms. The van der Waals surface area contributed by atoms with E-state index >= 15 is 0 Å². The van der Waals surface area contributed by atoms with E-state index in [0.29, 0.717) is 5.41 Å². The highest BCUT2D eigenvalue weighted by Gasteiger charge is 2.69. The highest BCUT2D eigenvalue weighted by molar-refractivity contribution is 5.18. The van der Waals surface area contributed by atoms with Crippen LogP contribution in [0.15, 0.2) is 0 Å². The Bertz CT molecular complexity index is 177. The van der Waals surface area contributed by atoms with E-state index in [1.807, 2.05) is 0 Å². The van der Waals surface area contributed by atoms with E-state index in [-0.39, 0.29) is 0 Å². The third-order valence-corrected chi connectivity index (χ3v) is 4.64. The van der Waals surface area contributed by atoms with Crippen molar-refractivity contribution in [3.8, 4) is 0 Å². The molecule has 2 fully saturated rings. The minimum Gasteiger partial charge on any atom is -0.319 e. The van der Waals surface area contributed by atoms with Crippen molar-refractivity contribution < 1.29 is 0 Å². The quantitative estimate of drug-likeness (QED) is 0.666. The SMILES string of the molecule is CNCC1C(C)(C)C12CCCC2. The molecule has 1 N–H and O–H groups in total. The Morgan fingerprint density at radius 2 is 1.83 bits per heavy atom. The van der Waals surface area contributed by atoms with Gasteiger partial charge in [-0.3, -0.25) is 0 Å². The van der Waals surface area contributed by atoms with Gasteiger partial charge in [0.1, 0.15) is 0 Å². The molecule has 1 heteroatoms. The molecule has 0 bridgehead atoms. The molecule has 1 atom stereocenters. The molecule has 2 rings (SSSR count). The maximum Gasteiger partial charge on any atom is -0.00127 e. The second-order valence-corrected chi connectivity index (χ2v) is 5.20. The van der Waals surface area contributed by atoms with Gasteiger partial charge < -0.3 is 5.32 Å². The van der Waals surface area contributed by atoms with E-state index in [0.717, 1.165) is 11.3 Å². The molecule has 0 saturated heterocycles. The van der Waals surface area contributed by atoms with Crippen LogP contribution in [0.5, 0.6) is 0 Å². The van der Waals surface area contributed by atoms with Crippen LogP contribution in [0.25, 0.3) is 0 Å². The predicted octanol–water partition coefficient (Wildman–Crippen LogP) is 2.42. The second kappa shape index (κ2) is 2.47. The summed E-state index contributed by atoms with van der Waals surface area (Å²) in [6.45, 7) is 6.15. The smallest absolute Gasteiger partial charge is 0.00127 e. The normalized spacial score (nSPS) is 35.8. The van der Waals surface area contributed by atoms with Gasteiger partial charge in [-0.25, -0.2) is 0 Å². The first kappa shape index (κ1) is 8.55. The van der Waals surface area contributed by atoms with Gasteiger partial charge in [-0.05, 0) is 43.2 Å². The first-order valence-electron chi connectivity index (χ1n) is 5.30. The lowest BCUT2D eigenvalue weighted by molar-refractivity contribution is 0.391. The van der Waals surface area contributed by atoms with Gasteiger partial charge in [0, 0.05) is 0 Å². The van der Waals surface area contributed by atoms with Gasteiger partial charge >= 0.3 is 0 Å². The van der Waals surface area contributed by atoms with Crippen LogP contribution >= 0.6 is 0 Å². The molecule has 0 radical (unpaired) electrons. The zero-order valence-corrected chi connectivity index (χ0v) is 8.61. The summed E-state index contributed by atoms with van der Waals surface area (Å²) in [7, 11) is 2.08. The van der Waals surface area contributed by atoms with Crippen LogP contribution in [0.2, 0.25) is 0 Å². The van der Waals surface area contributed by atoms with Gasteiger partial charge in [0.25, 0.3) is 0 Å². The molecule has 2 saturated carbocycles. The molecule has 0 aromatic rings. The van der Waals surface area contributed by atoms with Gasteiger partial charge in [0.15, 0.2) is 0 Å². The van der Waals surface area contributed by atoms with E-state index in [2.05, 4.69) is 26.2 Å². The minimum absolute atomic E-state index is 0.631. The summed E-state index contributed by atoms with van der Waals surface area (Å²) in [4.78, 5) is 0. The first-order chi connectivity index (χ1) is 5.65. The van der Waals surface area contributed by atoms with E-state index in [9.17, 15) is 0 Å². The lowest BCUT2D eigenvalue weighted by Gasteiger charge is -2.10. The summed E-state index contributed by atoms with van der Waals surface area (Å²) in [5.74, 6) is 0.956. The monoisotopic (exact) mass is 167 g/mol. The number of hydrogen-bond donors (Lipinski definition) is 1. The predicted molar refractivity (Wildman–Crippen MR) is 52.1 cm³/mol. The van der Waals surface area contributed by atoms with Crippen molar-refractivity contribution in [2.45, 2.75) is 39.5 Å². The fourth-order valence-corrected chi connectivity index (χ4v) is 3.72.